The Bertz CT molecular complexity index is 443. The molecule has 0 heterocycles. The maximum atomic E-state index is 11.0. The van der Waals surface area contributed by atoms with Crippen LogP contribution in [0.3, 0.4) is 0 Å². The van der Waals surface area contributed by atoms with Crippen LogP contribution in [0.2, 0.25) is 5.02 Å². The van der Waals surface area contributed by atoms with Crippen molar-refractivity contribution in [2.75, 3.05) is 5.32 Å². The molecule has 1 N–H and O–H groups in total. The fourth-order valence-electron chi connectivity index (χ4n) is 2.44. The van der Waals surface area contributed by atoms with Gasteiger partial charge in [0.2, 0.25) is 0 Å². The maximum absolute atomic E-state index is 11.0. The Balaban J connectivity index is 2.14. The molecule has 0 radical (unpaired) electrons. The second-order valence-electron chi connectivity index (χ2n) is 4.99. The Labute approximate surface area is 111 Å². The van der Waals surface area contributed by atoms with Crippen molar-refractivity contribution in [2.24, 2.45) is 5.92 Å². The lowest BCUT2D eigenvalue weighted by atomic mass is 9.87. The van der Waals surface area contributed by atoms with Crippen LogP contribution in [0, 0.1) is 16.0 Å². The molecule has 0 amide bonds. The summed E-state index contributed by atoms with van der Waals surface area (Å²) in [6.45, 7) is 2.25. The second-order valence-corrected chi connectivity index (χ2v) is 5.40. The van der Waals surface area contributed by atoms with Gasteiger partial charge in [0.1, 0.15) is 10.7 Å². The molecule has 0 spiro atoms. The number of anilines is 1. The first-order valence-corrected chi connectivity index (χ1v) is 6.65. The third kappa shape index (κ3) is 2.93. The van der Waals surface area contributed by atoms with Gasteiger partial charge in [0.25, 0.3) is 0 Å². The Kier molecular flexibility index (Phi) is 4.07. The largest absolute Gasteiger partial charge is 0.377 e. The molecule has 5 heteroatoms. The summed E-state index contributed by atoms with van der Waals surface area (Å²) < 4.78 is 0. The van der Waals surface area contributed by atoms with Crippen LogP contribution >= 0.6 is 11.6 Å². The minimum absolute atomic E-state index is 0.0159. The number of nitro groups is 1. The zero-order chi connectivity index (χ0) is 13.1. The highest BCUT2D eigenvalue weighted by atomic mass is 35.5. The van der Waals surface area contributed by atoms with E-state index in [4.69, 9.17) is 11.6 Å². The van der Waals surface area contributed by atoms with E-state index in [0.717, 1.165) is 18.8 Å². The average Bonchev–Trinajstić information content (AvgIpc) is 2.32. The molecule has 4 nitrogen and oxygen atoms in total. The molecule has 0 saturated heterocycles. The number of para-hydroxylation sites is 1. The topological polar surface area (TPSA) is 55.2 Å². The van der Waals surface area contributed by atoms with E-state index < -0.39 is 4.92 Å². The molecule has 1 aliphatic carbocycles. The van der Waals surface area contributed by atoms with Gasteiger partial charge in [-0.25, -0.2) is 0 Å². The van der Waals surface area contributed by atoms with E-state index in [-0.39, 0.29) is 10.7 Å². The number of hydrogen-bond acceptors (Lipinski definition) is 3. The quantitative estimate of drug-likeness (QED) is 0.659. The van der Waals surface area contributed by atoms with Gasteiger partial charge in [-0.15, -0.1) is 0 Å². The van der Waals surface area contributed by atoms with Gasteiger partial charge in [0, 0.05) is 6.04 Å². The standard InChI is InChI=1S/C13H17ClN2O2/c1-9-5-7-10(8-6-9)15-12-4-2-3-11(14)13(12)16(17)18/h2-4,9-10,15H,5-8H2,1H3. The Morgan fingerprint density at radius 3 is 2.61 bits per heavy atom. The van der Waals surface area contributed by atoms with E-state index in [2.05, 4.69) is 12.2 Å². The summed E-state index contributed by atoms with van der Waals surface area (Å²) >= 11 is 5.88. The highest BCUT2D eigenvalue weighted by Gasteiger charge is 2.23. The molecule has 18 heavy (non-hydrogen) atoms. The van der Waals surface area contributed by atoms with Crippen LogP contribution in [0.1, 0.15) is 32.6 Å². The van der Waals surface area contributed by atoms with Crippen molar-refractivity contribution in [2.45, 2.75) is 38.6 Å². The van der Waals surface area contributed by atoms with Gasteiger partial charge in [-0.05, 0) is 43.7 Å². The molecule has 2 rings (SSSR count). The first kappa shape index (κ1) is 13.1. The molecule has 98 valence electrons. The van der Waals surface area contributed by atoms with E-state index in [1.807, 2.05) is 0 Å². The van der Waals surface area contributed by atoms with Crippen molar-refractivity contribution in [3.63, 3.8) is 0 Å². The van der Waals surface area contributed by atoms with Gasteiger partial charge in [-0.1, -0.05) is 24.6 Å². The molecule has 0 aromatic heterocycles. The van der Waals surface area contributed by atoms with Crippen molar-refractivity contribution < 1.29 is 4.92 Å². The smallest absolute Gasteiger partial charge is 0.310 e. The normalized spacial score (nSPS) is 23.7. The predicted molar refractivity (Wildman–Crippen MR) is 73.1 cm³/mol. The fraction of sp³-hybridized carbons (Fsp3) is 0.538. The molecule has 0 atom stereocenters. The van der Waals surface area contributed by atoms with Crippen LogP contribution in [-0.2, 0) is 0 Å². The van der Waals surface area contributed by atoms with Gasteiger partial charge in [0.15, 0.2) is 0 Å². The monoisotopic (exact) mass is 268 g/mol. The predicted octanol–water partition coefficient (Wildman–Crippen LogP) is 4.24. The Morgan fingerprint density at radius 2 is 2.00 bits per heavy atom. The lowest BCUT2D eigenvalue weighted by molar-refractivity contribution is -0.383. The molecule has 0 aliphatic heterocycles. The van der Waals surface area contributed by atoms with E-state index in [9.17, 15) is 10.1 Å². The minimum Gasteiger partial charge on any atom is -0.377 e. The van der Waals surface area contributed by atoms with E-state index in [0.29, 0.717) is 11.7 Å². The van der Waals surface area contributed by atoms with Crippen LogP contribution in [0.4, 0.5) is 11.4 Å². The van der Waals surface area contributed by atoms with Crippen LogP contribution < -0.4 is 5.32 Å². The minimum atomic E-state index is -0.421. The number of benzene rings is 1. The number of nitro benzene ring substituents is 1. The highest BCUT2D eigenvalue weighted by Crippen LogP contribution is 2.34. The lowest BCUT2D eigenvalue weighted by Gasteiger charge is -2.27. The van der Waals surface area contributed by atoms with Crippen molar-refractivity contribution in [1.82, 2.24) is 0 Å². The fourth-order valence-corrected chi connectivity index (χ4v) is 2.69. The van der Waals surface area contributed by atoms with Crippen LogP contribution in [0.15, 0.2) is 18.2 Å². The number of nitrogens with zero attached hydrogens (tertiary/aromatic N) is 1. The number of hydrogen-bond donors (Lipinski definition) is 1. The molecule has 0 bridgehead atoms. The highest BCUT2D eigenvalue weighted by molar-refractivity contribution is 6.33. The summed E-state index contributed by atoms with van der Waals surface area (Å²) in [5.74, 6) is 0.761. The Hall–Kier alpha value is -1.29. The third-order valence-electron chi connectivity index (χ3n) is 3.54. The van der Waals surface area contributed by atoms with Gasteiger partial charge in [0.05, 0.1) is 4.92 Å². The zero-order valence-corrected chi connectivity index (χ0v) is 11.1. The molecule has 1 aliphatic rings. The molecule has 1 fully saturated rings. The van der Waals surface area contributed by atoms with Crippen molar-refractivity contribution >= 4 is 23.0 Å². The van der Waals surface area contributed by atoms with Crippen molar-refractivity contribution in [3.8, 4) is 0 Å². The SMILES string of the molecule is CC1CCC(Nc2cccc(Cl)c2[N+](=O)[O-])CC1. The lowest BCUT2D eigenvalue weighted by Crippen LogP contribution is -2.25. The summed E-state index contributed by atoms with van der Waals surface area (Å²) in [5, 5.41) is 14.5. The van der Waals surface area contributed by atoms with Crippen molar-refractivity contribution in [3.05, 3.63) is 33.3 Å². The molecular weight excluding hydrogens is 252 g/mol. The summed E-state index contributed by atoms with van der Waals surface area (Å²) in [7, 11) is 0. The van der Waals surface area contributed by atoms with E-state index in [1.54, 1.807) is 18.2 Å². The zero-order valence-electron chi connectivity index (χ0n) is 10.4. The van der Waals surface area contributed by atoms with Crippen LogP contribution in [-0.4, -0.2) is 11.0 Å². The first-order valence-electron chi connectivity index (χ1n) is 6.27. The van der Waals surface area contributed by atoms with Gasteiger partial charge in [-0.2, -0.15) is 0 Å². The third-order valence-corrected chi connectivity index (χ3v) is 3.85. The Morgan fingerprint density at radius 1 is 1.33 bits per heavy atom. The van der Waals surface area contributed by atoms with E-state index >= 15 is 0 Å². The summed E-state index contributed by atoms with van der Waals surface area (Å²) in [4.78, 5) is 10.6. The molecule has 1 saturated carbocycles. The molecular formula is C13H17ClN2O2. The number of halogens is 1. The van der Waals surface area contributed by atoms with E-state index in [1.165, 1.54) is 12.8 Å². The molecule has 1 aromatic carbocycles. The van der Waals surface area contributed by atoms with Crippen LogP contribution in [0.5, 0.6) is 0 Å². The first-order chi connectivity index (χ1) is 8.58. The summed E-state index contributed by atoms with van der Waals surface area (Å²) in [6, 6.07) is 5.33. The number of rotatable bonds is 3. The summed E-state index contributed by atoms with van der Waals surface area (Å²) in [5.41, 5.74) is 0.518. The summed E-state index contributed by atoms with van der Waals surface area (Å²) in [6.07, 6.45) is 4.47. The molecule has 1 aromatic rings. The molecule has 0 unspecified atom stereocenters. The van der Waals surface area contributed by atoms with Gasteiger partial charge in [-0.3, -0.25) is 10.1 Å². The number of nitrogens with one attached hydrogen (secondary N) is 1. The van der Waals surface area contributed by atoms with Gasteiger partial charge >= 0.3 is 5.69 Å². The van der Waals surface area contributed by atoms with Gasteiger partial charge < -0.3 is 5.32 Å². The maximum Gasteiger partial charge on any atom is 0.310 e. The second kappa shape index (κ2) is 5.57. The van der Waals surface area contributed by atoms with Crippen LogP contribution in [0.25, 0.3) is 0 Å². The average molecular weight is 269 g/mol. The van der Waals surface area contributed by atoms with Crippen molar-refractivity contribution in [1.29, 1.82) is 0 Å².